The number of aliphatic hydroxyl groups excluding tert-OH is 1. The van der Waals surface area contributed by atoms with Crippen molar-refractivity contribution in [1.82, 2.24) is 4.90 Å². The molecular formula is C11H15NO3. The molecule has 0 bridgehead atoms. The zero-order chi connectivity index (χ0) is 10.8. The molecule has 15 heavy (non-hydrogen) atoms. The Balaban J connectivity index is 2.14. The van der Waals surface area contributed by atoms with E-state index in [1.54, 1.807) is 17.9 Å². The van der Waals surface area contributed by atoms with E-state index in [9.17, 15) is 4.79 Å². The topological polar surface area (TPSA) is 53.7 Å². The summed E-state index contributed by atoms with van der Waals surface area (Å²) in [5.74, 6) is 0.612. The number of hydrogen-bond donors (Lipinski definition) is 1. The van der Waals surface area contributed by atoms with E-state index in [0.29, 0.717) is 23.9 Å². The van der Waals surface area contributed by atoms with Gasteiger partial charge in [0.25, 0.3) is 5.91 Å². The second kappa shape index (κ2) is 4.06. The lowest BCUT2D eigenvalue weighted by molar-refractivity contribution is 0.0706. The molecule has 0 saturated heterocycles. The van der Waals surface area contributed by atoms with Gasteiger partial charge in [-0.2, -0.15) is 0 Å². The standard InChI is InChI=1S/C11H15NO3/c1-8-10(4-7-15-8)11(14)12(5-6-13)9-2-3-9/h4,7,9,13H,2-3,5-6H2,1H3. The average Bonchev–Trinajstić information content (AvgIpc) is 2.97. The van der Waals surface area contributed by atoms with Gasteiger partial charge in [0.05, 0.1) is 18.4 Å². The summed E-state index contributed by atoms with van der Waals surface area (Å²) in [7, 11) is 0. The molecule has 1 saturated carbocycles. The van der Waals surface area contributed by atoms with Crippen LogP contribution >= 0.6 is 0 Å². The van der Waals surface area contributed by atoms with E-state index in [0.717, 1.165) is 12.8 Å². The van der Waals surface area contributed by atoms with Crippen LogP contribution in [0.2, 0.25) is 0 Å². The van der Waals surface area contributed by atoms with Gasteiger partial charge in [-0.1, -0.05) is 0 Å². The minimum atomic E-state index is -0.0298. The van der Waals surface area contributed by atoms with E-state index >= 15 is 0 Å². The minimum absolute atomic E-state index is 0.0130. The number of aliphatic hydroxyl groups is 1. The van der Waals surface area contributed by atoms with Crippen LogP contribution in [0.3, 0.4) is 0 Å². The smallest absolute Gasteiger partial charge is 0.257 e. The van der Waals surface area contributed by atoms with Crippen molar-refractivity contribution in [2.45, 2.75) is 25.8 Å². The molecule has 1 aliphatic rings. The van der Waals surface area contributed by atoms with E-state index in [-0.39, 0.29) is 12.5 Å². The molecule has 0 unspecified atom stereocenters. The monoisotopic (exact) mass is 209 g/mol. The van der Waals surface area contributed by atoms with Crippen LogP contribution in [0.15, 0.2) is 16.7 Å². The first-order chi connectivity index (χ1) is 7.24. The fourth-order valence-corrected chi connectivity index (χ4v) is 1.71. The lowest BCUT2D eigenvalue weighted by Gasteiger charge is -2.20. The first-order valence-corrected chi connectivity index (χ1v) is 5.20. The highest BCUT2D eigenvalue weighted by molar-refractivity contribution is 5.95. The van der Waals surface area contributed by atoms with Gasteiger partial charge in [-0.15, -0.1) is 0 Å². The van der Waals surface area contributed by atoms with Gasteiger partial charge < -0.3 is 14.4 Å². The Morgan fingerprint density at radius 3 is 2.87 bits per heavy atom. The first-order valence-electron chi connectivity index (χ1n) is 5.20. The zero-order valence-corrected chi connectivity index (χ0v) is 8.77. The Bertz CT molecular complexity index is 354. The normalized spacial score (nSPS) is 15.3. The molecule has 2 rings (SSSR count). The van der Waals surface area contributed by atoms with E-state index < -0.39 is 0 Å². The molecule has 0 radical (unpaired) electrons. The highest BCUT2D eigenvalue weighted by atomic mass is 16.3. The fraction of sp³-hybridized carbons (Fsp3) is 0.545. The number of furan rings is 1. The van der Waals surface area contributed by atoms with Gasteiger partial charge in [0.1, 0.15) is 5.76 Å². The third-order valence-corrected chi connectivity index (χ3v) is 2.68. The highest BCUT2D eigenvalue weighted by Gasteiger charge is 2.33. The van der Waals surface area contributed by atoms with Gasteiger partial charge >= 0.3 is 0 Å². The maximum atomic E-state index is 12.1. The maximum Gasteiger partial charge on any atom is 0.257 e. The van der Waals surface area contributed by atoms with E-state index in [2.05, 4.69) is 0 Å². The summed E-state index contributed by atoms with van der Waals surface area (Å²) in [5.41, 5.74) is 0.607. The summed E-state index contributed by atoms with van der Waals surface area (Å²) in [6.07, 6.45) is 3.61. The summed E-state index contributed by atoms with van der Waals surface area (Å²) in [6, 6.07) is 2.00. The van der Waals surface area contributed by atoms with Crippen LogP contribution < -0.4 is 0 Å². The van der Waals surface area contributed by atoms with Crippen LogP contribution in [0.4, 0.5) is 0 Å². The number of rotatable bonds is 4. The summed E-state index contributed by atoms with van der Waals surface area (Å²) in [4.78, 5) is 13.8. The zero-order valence-electron chi connectivity index (χ0n) is 8.77. The van der Waals surface area contributed by atoms with Crippen molar-refractivity contribution in [3.63, 3.8) is 0 Å². The third-order valence-electron chi connectivity index (χ3n) is 2.68. The molecule has 4 nitrogen and oxygen atoms in total. The summed E-state index contributed by atoms with van der Waals surface area (Å²) in [5, 5.41) is 8.91. The Morgan fingerprint density at radius 2 is 2.40 bits per heavy atom. The largest absolute Gasteiger partial charge is 0.469 e. The van der Waals surface area contributed by atoms with Gasteiger partial charge in [-0.3, -0.25) is 4.79 Å². The van der Waals surface area contributed by atoms with Crippen molar-refractivity contribution in [3.8, 4) is 0 Å². The molecule has 1 heterocycles. The van der Waals surface area contributed by atoms with E-state index in [1.807, 2.05) is 0 Å². The van der Waals surface area contributed by atoms with Crippen LogP contribution in [-0.2, 0) is 0 Å². The van der Waals surface area contributed by atoms with E-state index in [1.165, 1.54) is 6.26 Å². The molecule has 0 spiro atoms. The number of aryl methyl sites for hydroxylation is 1. The predicted octanol–water partition coefficient (Wildman–Crippen LogP) is 1.18. The lowest BCUT2D eigenvalue weighted by atomic mass is 10.2. The van der Waals surface area contributed by atoms with Crippen molar-refractivity contribution >= 4 is 5.91 Å². The van der Waals surface area contributed by atoms with Crippen LogP contribution in [0, 0.1) is 6.92 Å². The second-order valence-electron chi connectivity index (χ2n) is 3.84. The molecule has 0 aromatic carbocycles. The van der Waals surface area contributed by atoms with Crippen molar-refractivity contribution in [3.05, 3.63) is 23.7 Å². The molecular weight excluding hydrogens is 194 g/mol. The fourth-order valence-electron chi connectivity index (χ4n) is 1.71. The van der Waals surface area contributed by atoms with Gasteiger partial charge in [-0.05, 0) is 25.8 Å². The van der Waals surface area contributed by atoms with Crippen molar-refractivity contribution in [2.24, 2.45) is 0 Å². The molecule has 1 aromatic heterocycles. The molecule has 4 heteroatoms. The number of carbonyl (C=O) groups excluding carboxylic acids is 1. The van der Waals surface area contributed by atoms with Crippen molar-refractivity contribution in [2.75, 3.05) is 13.2 Å². The SMILES string of the molecule is Cc1occc1C(=O)N(CCO)C1CC1. The minimum Gasteiger partial charge on any atom is -0.469 e. The summed E-state index contributed by atoms with van der Waals surface area (Å²) in [6.45, 7) is 2.20. The molecule has 82 valence electrons. The number of carbonyl (C=O) groups is 1. The summed E-state index contributed by atoms with van der Waals surface area (Å²) < 4.78 is 5.10. The maximum absolute atomic E-state index is 12.1. The highest BCUT2D eigenvalue weighted by Crippen LogP contribution is 2.28. The number of hydrogen-bond acceptors (Lipinski definition) is 3. The quantitative estimate of drug-likeness (QED) is 0.810. The van der Waals surface area contributed by atoms with Gasteiger partial charge in [0.2, 0.25) is 0 Å². The molecule has 0 atom stereocenters. The molecule has 0 aliphatic heterocycles. The van der Waals surface area contributed by atoms with Crippen LogP contribution in [0.1, 0.15) is 29.0 Å². The Labute approximate surface area is 88.5 Å². The van der Waals surface area contributed by atoms with Gasteiger partial charge in [0, 0.05) is 12.6 Å². The second-order valence-corrected chi connectivity index (χ2v) is 3.84. The predicted molar refractivity (Wildman–Crippen MR) is 54.6 cm³/mol. The van der Waals surface area contributed by atoms with Crippen molar-refractivity contribution in [1.29, 1.82) is 0 Å². The van der Waals surface area contributed by atoms with Gasteiger partial charge in [0.15, 0.2) is 0 Å². The third kappa shape index (κ3) is 2.04. The number of amides is 1. The number of nitrogens with zero attached hydrogens (tertiary/aromatic N) is 1. The lowest BCUT2D eigenvalue weighted by Crippen LogP contribution is -2.35. The average molecular weight is 209 g/mol. The molecule has 1 N–H and O–H groups in total. The van der Waals surface area contributed by atoms with E-state index in [4.69, 9.17) is 9.52 Å². The molecule has 1 aliphatic carbocycles. The van der Waals surface area contributed by atoms with Crippen LogP contribution in [-0.4, -0.2) is 35.1 Å². The Hall–Kier alpha value is -1.29. The van der Waals surface area contributed by atoms with Crippen molar-refractivity contribution < 1.29 is 14.3 Å². The molecule has 1 fully saturated rings. The Morgan fingerprint density at radius 1 is 1.67 bits per heavy atom. The van der Waals surface area contributed by atoms with Gasteiger partial charge in [-0.25, -0.2) is 0 Å². The molecule has 1 aromatic rings. The Kier molecular flexibility index (Phi) is 2.77. The summed E-state index contributed by atoms with van der Waals surface area (Å²) >= 11 is 0. The van der Waals surface area contributed by atoms with Crippen LogP contribution in [0.25, 0.3) is 0 Å². The van der Waals surface area contributed by atoms with Crippen LogP contribution in [0.5, 0.6) is 0 Å². The molecule has 1 amide bonds. The first kappa shape index (κ1) is 10.2.